The summed E-state index contributed by atoms with van der Waals surface area (Å²) in [6, 6.07) is 8.45. The molecule has 2 fully saturated rings. The summed E-state index contributed by atoms with van der Waals surface area (Å²) in [4.78, 5) is 26.3. The van der Waals surface area contributed by atoms with Crippen LogP contribution in [0.15, 0.2) is 41.2 Å². The number of carbonyl (C=O) groups excluding carboxylic acids is 2. The van der Waals surface area contributed by atoms with Gasteiger partial charge in [0.15, 0.2) is 0 Å². The summed E-state index contributed by atoms with van der Waals surface area (Å²) < 4.78 is 45.0. The SMILES string of the molecule is CCN1C(=O)C(CNc2ccc3ccn(C4CCOCC4)c3c2)S/C1=C(/N)C(=O)NCC(F)(F)F. The number of nitrogens with zero attached hydrogens (tertiary/aromatic N) is 2. The van der Waals surface area contributed by atoms with E-state index in [9.17, 15) is 22.8 Å². The monoisotopic (exact) mass is 511 g/mol. The minimum atomic E-state index is -4.55. The smallest absolute Gasteiger partial charge is 0.392 e. The highest BCUT2D eigenvalue weighted by molar-refractivity contribution is 8.04. The van der Waals surface area contributed by atoms with Gasteiger partial charge in [-0.25, -0.2) is 0 Å². The molecular formula is C23H28F3N5O3S. The normalized spacial score (nSPS) is 21.0. The molecular weight excluding hydrogens is 483 g/mol. The summed E-state index contributed by atoms with van der Waals surface area (Å²) >= 11 is 1.08. The van der Waals surface area contributed by atoms with Gasteiger partial charge in [-0.1, -0.05) is 17.8 Å². The molecule has 2 amide bonds. The molecule has 1 unspecified atom stereocenters. The zero-order valence-corrected chi connectivity index (χ0v) is 20.0. The van der Waals surface area contributed by atoms with E-state index in [0.717, 1.165) is 54.4 Å². The molecule has 2 aromatic rings. The third kappa shape index (κ3) is 5.69. The van der Waals surface area contributed by atoms with Crippen LogP contribution in [0, 0.1) is 0 Å². The molecule has 2 saturated heterocycles. The molecule has 35 heavy (non-hydrogen) atoms. The lowest BCUT2D eigenvalue weighted by atomic mass is 10.1. The van der Waals surface area contributed by atoms with Crippen LogP contribution in [0.25, 0.3) is 10.9 Å². The van der Waals surface area contributed by atoms with Crippen molar-refractivity contribution in [3.8, 4) is 0 Å². The number of rotatable bonds is 7. The van der Waals surface area contributed by atoms with Gasteiger partial charge in [0.1, 0.15) is 22.5 Å². The molecule has 0 aliphatic carbocycles. The van der Waals surface area contributed by atoms with Crippen molar-refractivity contribution < 1.29 is 27.5 Å². The second kappa shape index (κ2) is 10.4. The van der Waals surface area contributed by atoms with Crippen molar-refractivity contribution in [2.75, 3.05) is 38.2 Å². The number of ether oxygens (including phenoxy) is 1. The van der Waals surface area contributed by atoms with Crippen LogP contribution in [0.4, 0.5) is 18.9 Å². The van der Waals surface area contributed by atoms with Crippen molar-refractivity contribution >= 4 is 40.2 Å². The molecule has 1 atom stereocenters. The van der Waals surface area contributed by atoms with E-state index in [1.807, 2.05) is 18.2 Å². The van der Waals surface area contributed by atoms with Gasteiger partial charge in [0, 0.05) is 44.2 Å². The zero-order chi connectivity index (χ0) is 25.2. The summed E-state index contributed by atoms with van der Waals surface area (Å²) in [6.07, 6.45) is -0.561. The van der Waals surface area contributed by atoms with Crippen LogP contribution in [0.1, 0.15) is 25.8 Å². The fraction of sp³-hybridized carbons (Fsp3) is 0.478. The van der Waals surface area contributed by atoms with E-state index < -0.39 is 29.6 Å². The average molecular weight is 512 g/mol. The number of benzene rings is 1. The Hall–Kier alpha value is -2.86. The highest BCUT2D eigenvalue weighted by atomic mass is 32.2. The number of carbonyl (C=O) groups is 2. The van der Waals surface area contributed by atoms with E-state index in [2.05, 4.69) is 22.1 Å². The van der Waals surface area contributed by atoms with Crippen LogP contribution in [-0.2, 0) is 14.3 Å². The quantitative estimate of drug-likeness (QED) is 0.494. The van der Waals surface area contributed by atoms with E-state index in [-0.39, 0.29) is 24.0 Å². The van der Waals surface area contributed by atoms with Crippen molar-refractivity contribution in [2.24, 2.45) is 5.73 Å². The van der Waals surface area contributed by atoms with Crippen LogP contribution in [0.3, 0.4) is 0 Å². The molecule has 2 aliphatic rings. The predicted molar refractivity (Wildman–Crippen MR) is 129 cm³/mol. The number of halogens is 3. The third-order valence-electron chi connectivity index (χ3n) is 6.08. The number of aromatic nitrogens is 1. The van der Waals surface area contributed by atoms with E-state index >= 15 is 0 Å². The molecule has 8 nitrogen and oxygen atoms in total. The molecule has 12 heteroatoms. The lowest BCUT2D eigenvalue weighted by Crippen LogP contribution is -2.38. The van der Waals surface area contributed by atoms with Gasteiger partial charge in [0.05, 0.1) is 5.52 Å². The first kappa shape index (κ1) is 25.2. The summed E-state index contributed by atoms with van der Waals surface area (Å²) in [7, 11) is 0. The highest BCUT2D eigenvalue weighted by Crippen LogP contribution is 2.36. The van der Waals surface area contributed by atoms with Gasteiger partial charge in [0.2, 0.25) is 5.91 Å². The van der Waals surface area contributed by atoms with Crippen LogP contribution < -0.4 is 16.4 Å². The molecule has 4 N–H and O–H groups in total. The maximum atomic E-state index is 12.9. The van der Waals surface area contributed by atoms with Crippen molar-refractivity contribution in [1.29, 1.82) is 0 Å². The van der Waals surface area contributed by atoms with Crippen LogP contribution in [0.5, 0.6) is 0 Å². The Labute approximate surface area is 205 Å². The highest BCUT2D eigenvalue weighted by Gasteiger charge is 2.38. The van der Waals surface area contributed by atoms with Crippen molar-refractivity contribution in [3.05, 3.63) is 41.2 Å². The number of nitrogens with one attached hydrogen (secondary N) is 2. The van der Waals surface area contributed by atoms with E-state index in [1.165, 1.54) is 4.90 Å². The first-order valence-electron chi connectivity index (χ1n) is 11.4. The molecule has 4 rings (SSSR count). The Balaban J connectivity index is 1.45. The van der Waals surface area contributed by atoms with E-state index in [4.69, 9.17) is 10.5 Å². The molecule has 0 radical (unpaired) electrons. The number of alkyl halides is 3. The minimum Gasteiger partial charge on any atom is -0.392 e. The maximum absolute atomic E-state index is 12.9. The number of thioether (sulfide) groups is 1. The van der Waals surface area contributed by atoms with Crippen LogP contribution >= 0.6 is 11.8 Å². The summed E-state index contributed by atoms with van der Waals surface area (Å²) in [6.45, 7) is 2.22. The summed E-state index contributed by atoms with van der Waals surface area (Å²) in [5, 5.41) is 5.76. The molecule has 0 saturated carbocycles. The molecule has 0 spiro atoms. The Bertz CT molecular complexity index is 1130. The van der Waals surface area contributed by atoms with Gasteiger partial charge in [0.25, 0.3) is 5.91 Å². The van der Waals surface area contributed by atoms with E-state index in [0.29, 0.717) is 6.04 Å². The number of nitrogens with two attached hydrogens (primary N) is 1. The number of anilines is 1. The Kier molecular flexibility index (Phi) is 7.50. The van der Waals surface area contributed by atoms with E-state index in [1.54, 1.807) is 12.2 Å². The Morgan fingerprint density at radius 3 is 2.69 bits per heavy atom. The van der Waals surface area contributed by atoms with Gasteiger partial charge in [-0.3, -0.25) is 9.59 Å². The summed E-state index contributed by atoms with van der Waals surface area (Å²) in [5.41, 5.74) is 7.38. The third-order valence-corrected chi connectivity index (χ3v) is 7.40. The molecule has 1 aromatic carbocycles. The van der Waals surface area contributed by atoms with Crippen molar-refractivity contribution in [3.63, 3.8) is 0 Å². The average Bonchev–Trinajstić information content (AvgIpc) is 3.41. The first-order chi connectivity index (χ1) is 16.7. The predicted octanol–water partition coefficient (Wildman–Crippen LogP) is 3.17. The van der Waals surface area contributed by atoms with Crippen molar-refractivity contribution in [1.82, 2.24) is 14.8 Å². The van der Waals surface area contributed by atoms with Gasteiger partial charge >= 0.3 is 6.18 Å². The zero-order valence-electron chi connectivity index (χ0n) is 19.2. The number of fused-ring (bicyclic) bond motifs is 1. The topological polar surface area (TPSA) is 102 Å². The minimum absolute atomic E-state index is 0.174. The molecule has 2 aliphatic heterocycles. The Morgan fingerprint density at radius 1 is 1.26 bits per heavy atom. The first-order valence-corrected chi connectivity index (χ1v) is 12.3. The lowest BCUT2D eigenvalue weighted by molar-refractivity contribution is -0.136. The van der Waals surface area contributed by atoms with Gasteiger partial charge in [-0.05, 0) is 43.4 Å². The van der Waals surface area contributed by atoms with Crippen LogP contribution in [0.2, 0.25) is 0 Å². The number of hydrogen-bond acceptors (Lipinski definition) is 6. The fourth-order valence-corrected chi connectivity index (χ4v) is 5.51. The molecule has 0 bridgehead atoms. The summed E-state index contributed by atoms with van der Waals surface area (Å²) in [5.74, 6) is -1.30. The molecule has 3 heterocycles. The fourth-order valence-electron chi connectivity index (χ4n) is 4.28. The van der Waals surface area contributed by atoms with Crippen LogP contribution in [-0.4, -0.2) is 65.6 Å². The maximum Gasteiger partial charge on any atom is 0.405 e. The number of amides is 2. The Morgan fingerprint density at radius 2 is 2.00 bits per heavy atom. The van der Waals surface area contributed by atoms with Crippen molar-refractivity contribution in [2.45, 2.75) is 37.2 Å². The largest absolute Gasteiger partial charge is 0.405 e. The van der Waals surface area contributed by atoms with Gasteiger partial charge in [-0.2, -0.15) is 13.2 Å². The second-order valence-electron chi connectivity index (χ2n) is 8.43. The second-order valence-corrected chi connectivity index (χ2v) is 9.62. The standard InChI is InChI=1S/C23H28F3N5O3S/c1-2-30-21(33)18(35-22(30)19(27)20(32)29-13-23(24,25)26)12-28-15-4-3-14-5-8-31(17(14)11-15)16-6-9-34-10-7-16/h3-5,8,11,16,18,28H,2,6-7,9-10,12-13,27H2,1H3,(H,29,32)/b22-19+. The van der Waals surface area contributed by atoms with Gasteiger partial charge in [-0.15, -0.1) is 0 Å². The number of hydrogen-bond donors (Lipinski definition) is 3. The molecule has 190 valence electrons. The van der Waals surface area contributed by atoms with Gasteiger partial charge < -0.3 is 30.6 Å². The lowest BCUT2D eigenvalue weighted by Gasteiger charge is -2.24. The molecule has 1 aromatic heterocycles.